The van der Waals surface area contributed by atoms with Crippen LogP contribution in [0.1, 0.15) is 32.6 Å². The highest BCUT2D eigenvalue weighted by molar-refractivity contribution is 6.02. The lowest BCUT2D eigenvalue weighted by Crippen LogP contribution is -2.38. The molecule has 6 heteroatoms. The molecule has 0 unspecified atom stereocenters. The van der Waals surface area contributed by atoms with E-state index < -0.39 is 0 Å². The van der Waals surface area contributed by atoms with Crippen LogP contribution in [0.4, 0.5) is 5.69 Å². The van der Waals surface area contributed by atoms with Gasteiger partial charge in [0.2, 0.25) is 17.7 Å². The summed E-state index contributed by atoms with van der Waals surface area (Å²) in [5.74, 6) is 0.439. The highest BCUT2D eigenvalue weighted by atomic mass is 16.5. The van der Waals surface area contributed by atoms with E-state index in [-0.39, 0.29) is 23.8 Å². The van der Waals surface area contributed by atoms with Gasteiger partial charge in [-0.05, 0) is 31.7 Å². The molecule has 0 spiro atoms. The first-order chi connectivity index (χ1) is 12.1. The van der Waals surface area contributed by atoms with E-state index in [1.54, 1.807) is 13.2 Å². The molecule has 6 nitrogen and oxygen atoms in total. The summed E-state index contributed by atoms with van der Waals surface area (Å²) in [5, 5.41) is 6.87. The Kier molecular flexibility index (Phi) is 5.16. The fraction of sp³-hybridized carbons (Fsp3) is 0.421. The number of anilines is 1. The molecule has 1 aliphatic rings. The second-order valence-electron chi connectivity index (χ2n) is 6.47. The molecule has 0 atom stereocenters. The van der Waals surface area contributed by atoms with Crippen LogP contribution in [-0.2, 0) is 9.59 Å². The number of carbonyl (C=O) groups is 2. The summed E-state index contributed by atoms with van der Waals surface area (Å²) >= 11 is 0. The summed E-state index contributed by atoms with van der Waals surface area (Å²) in [6.07, 6.45) is 3.21. The van der Waals surface area contributed by atoms with E-state index >= 15 is 0 Å². The third-order valence-electron chi connectivity index (χ3n) is 4.67. The van der Waals surface area contributed by atoms with Crippen molar-refractivity contribution in [2.75, 3.05) is 12.4 Å². The molecule has 3 rings (SSSR count). The van der Waals surface area contributed by atoms with Crippen molar-refractivity contribution in [2.45, 2.75) is 38.6 Å². The highest BCUT2D eigenvalue weighted by Crippen LogP contribution is 2.29. The summed E-state index contributed by atoms with van der Waals surface area (Å²) in [6, 6.07) is 9.60. The molecule has 2 N–H and O–H groups in total. The first-order valence-corrected chi connectivity index (χ1v) is 8.58. The first-order valence-electron chi connectivity index (χ1n) is 8.58. The molecule has 0 bridgehead atoms. The van der Waals surface area contributed by atoms with Gasteiger partial charge in [-0.2, -0.15) is 0 Å². The van der Waals surface area contributed by atoms with E-state index in [1.165, 1.54) is 6.92 Å². The van der Waals surface area contributed by atoms with Crippen molar-refractivity contribution in [2.24, 2.45) is 5.92 Å². The first kappa shape index (κ1) is 17.2. The molecule has 2 amide bonds. The minimum absolute atomic E-state index is 0.0109. The zero-order valence-electron chi connectivity index (χ0n) is 14.5. The topological polar surface area (TPSA) is 80.3 Å². The third-order valence-corrected chi connectivity index (χ3v) is 4.67. The molecule has 1 saturated carbocycles. The maximum Gasteiger partial charge on any atom is 0.227 e. The largest absolute Gasteiger partial charge is 0.481 e. The average Bonchev–Trinajstić information content (AvgIpc) is 2.61. The van der Waals surface area contributed by atoms with Crippen molar-refractivity contribution < 1.29 is 14.3 Å². The number of aromatic nitrogens is 1. The summed E-state index contributed by atoms with van der Waals surface area (Å²) in [4.78, 5) is 28.2. The zero-order chi connectivity index (χ0) is 17.8. The van der Waals surface area contributed by atoms with E-state index in [0.717, 1.165) is 42.3 Å². The van der Waals surface area contributed by atoms with Crippen LogP contribution in [0.25, 0.3) is 10.9 Å². The van der Waals surface area contributed by atoms with Gasteiger partial charge in [-0.1, -0.05) is 18.2 Å². The molecule has 1 fully saturated rings. The van der Waals surface area contributed by atoms with Crippen LogP contribution in [-0.4, -0.2) is 29.9 Å². The molecule has 25 heavy (non-hydrogen) atoms. The Morgan fingerprint density at radius 2 is 1.88 bits per heavy atom. The van der Waals surface area contributed by atoms with Gasteiger partial charge in [-0.15, -0.1) is 0 Å². The number of methoxy groups -OCH3 is 1. The van der Waals surface area contributed by atoms with E-state index in [1.807, 2.05) is 24.3 Å². The van der Waals surface area contributed by atoms with Crippen LogP contribution < -0.4 is 15.4 Å². The quantitative estimate of drug-likeness (QED) is 0.896. The Morgan fingerprint density at radius 1 is 1.16 bits per heavy atom. The maximum absolute atomic E-state index is 12.7. The van der Waals surface area contributed by atoms with Crippen LogP contribution >= 0.6 is 0 Å². The number of ether oxygens (including phenoxy) is 1. The third kappa shape index (κ3) is 4.07. The number of amides is 2. The van der Waals surface area contributed by atoms with Gasteiger partial charge >= 0.3 is 0 Å². The number of rotatable bonds is 4. The molecule has 0 aliphatic heterocycles. The fourth-order valence-electron chi connectivity index (χ4n) is 3.38. The molecule has 132 valence electrons. The fourth-order valence-corrected chi connectivity index (χ4v) is 3.38. The average molecular weight is 341 g/mol. The lowest BCUT2D eigenvalue weighted by Gasteiger charge is -2.28. The van der Waals surface area contributed by atoms with E-state index in [4.69, 9.17) is 4.74 Å². The van der Waals surface area contributed by atoms with Crippen LogP contribution in [0.5, 0.6) is 5.88 Å². The second-order valence-corrected chi connectivity index (χ2v) is 6.47. The maximum atomic E-state index is 12.7. The van der Waals surface area contributed by atoms with Crippen LogP contribution in [0.3, 0.4) is 0 Å². The van der Waals surface area contributed by atoms with Crippen molar-refractivity contribution in [1.29, 1.82) is 0 Å². The Bertz CT molecular complexity index is 783. The minimum atomic E-state index is -0.0390. The summed E-state index contributed by atoms with van der Waals surface area (Å²) in [5.41, 5.74) is 1.50. The predicted octanol–water partition coefficient (Wildman–Crippen LogP) is 2.88. The Hall–Kier alpha value is -2.63. The van der Waals surface area contributed by atoms with E-state index in [2.05, 4.69) is 15.6 Å². The summed E-state index contributed by atoms with van der Waals surface area (Å²) in [6.45, 7) is 1.53. The summed E-state index contributed by atoms with van der Waals surface area (Å²) < 4.78 is 5.24. The molecule has 1 aromatic carbocycles. The normalized spacial score (nSPS) is 20.1. The van der Waals surface area contributed by atoms with Gasteiger partial charge in [0.25, 0.3) is 0 Å². The van der Waals surface area contributed by atoms with Crippen molar-refractivity contribution in [1.82, 2.24) is 10.3 Å². The predicted molar refractivity (Wildman–Crippen MR) is 96.5 cm³/mol. The second kappa shape index (κ2) is 7.51. The molecule has 2 aromatic rings. The van der Waals surface area contributed by atoms with Crippen LogP contribution in [0.2, 0.25) is 0 Å². The Balaban J connectivity index is 1.71. The van der Waals surface area contributed by atoms with Crippen molar-refractivity contribution >= 4 is 28.4 Å². The van der Waals surface area contributed by atoms with E-state index in [0.29, 0.717) is 5.88 Å². The molecule has 0 saturated heterocycles. The molecule has 0 radical (unpaired) electrons. The number of carbonyl (C=O) groups excluding carboxylic acids is 2. The number of nitrogens with one attached hydrogen (secondary N) is 2. The van der Waals surface area contributed by atoms with Gasteiger partial charge < -0.3 is 15.4 Å². The van der Waals surface area contributed by atoms with Gasteiger partial charge in [0.15, 0.2) is 0 Å². The monoisotopic (exact) mass is 341 g/mol. The van der Waals surface area contributed by atoms with Gasteiger partial charge in [-0.25, -0.2) is 4.98 Å². The smallest absolute Gasteiger partial charge is 0.227 e. The molecule has 1 aromatic heterocycles. The standard InChI is InChI=1S/C19H23N3O3/c1-12(23)20-14-9-7-13(8-10-14)19(24)22-17-11-18(25-2)21-16-6-4-3-5-15(16)17/h3-6,11,13-14H,7-10H2,1-2H3,(H,20,23)(H,21,22,24). The number of para-hydroxylation sites is 1. The number of fused-ring (bicyclic) bond motifs is 1. The minimum Gasteiger partial charge on any atom is -0.481 e. The number of hydrogen-bond acceptors (Lipinski definition) is 4. The van der Waals surface area contributed by atoms with E-state index in [9.17, 15) is 9.59 Å². The lowest BCUT2D eigenvalue weighted by molar-refractivity contribution is -0.121. The highest BCUT2D eigenvalue weighted by Gasteiger charge is 2.27. The molecular formula is C19H23N3O3. The number of pyridine rings is 1. The van der Waals surface area contributed by atoms with Crippen molar-refractivity contribution in [3.8, 4) is 5.88 Å². The van der Waals surface area contributed by atoms with Gasteiger partial charge in [-0.3, -0.25) is 9.59 Å². The number of hydrogen-bond donors (Lipinski definition) is 2. The number of nitrogens with zero attached hydrogens (tertiary/aromatic N) is 1. The van der Waals surface area contributed by atoms with Crippen molar-refractivity contribution in [3.63, 3.8) is 0 Å². The molecule has 1 heterocycles. The Morgan fingerprint density at radius 3 is 2.56 bits per heavy atom. The van der Waals surface area contributed by atoms with Crippen molar-refractivity contribution in [3.05, 3.63) is 30.3 Å². The van der Waals surface area contributed by atoms with Gasteiger partial charge in [0.1, 0.15) is 0 Å². The Labute approximate surface area is 147 Å². The molecule has 1 aliphatic carbocycles. The zero-order valence-corrected chi connectivity index (χ0v) is 14.5. The number of benzene rings is 1. The lowest BCUT2D eigenvalue weighted by atomic mass is 9.85. The van der Waals surface area contributed by atoms with Crippen LogP contribution in [0.15, 0.2) is 30.3 Å². The van der Waals surface area contributed by atoms with Gasteiger partial charge in [0, 0.05) is 30.3 Å². The SMILES string of the molecule is COc1cc(NC(=O)C2CCC(NC(C)=O)CC2)c2ccccc2n1. The summed E-state index contributed by atoms with van der Waals surface area (Å²) in [7, 11) is 1.56. The van der Waals surface area contributed by atoms with Crippen LogP contribution in [0, 0.1) is 5.92 Å². The van der Waals surface area contributed by atoms with Gasteiger partial charge in [0.05, 0.1) is 18.3 Å². The molecular weight excluding hydrogens is 318 g/mol.